The quantitative estimate of drug-likeness (QED) is 0.830. The van der Waals surface area contributed by atoms with E-state index >= 15 is 0 Å². The molecule has 0 aliphatic carbocycles. The standard InChI is InChI=1S/C15H22BrNO/c1-13-6-3-2-4-9-17(13)10-11-18-15-8-5-7-14(16)12-15/h5,7-8,12-13H,2-4,6,9-11H2,1H3. The third-order valence-electron chi connectivity index (χ3n) is 3.63. The predicted molar refractivity (Wildman–Crippen MR) is 79.1 cm³/mol. The predicted octanol–water partition coefficient (Wildman–Crippen LogP) is 4.09. The van der Waals surface area contributed by atoms with Gasteiger partial charge in [-0.15, -0.1) is 0 Å². The Morgan fingerprint density at radius 1 is 1.33 bits per heavy atom. The van der Waals surface area contributed by atoms with Gasteiger partial charge in [0, 0.05) is 17.1 Å². The van der Waals surface area contributed by atoms with Gasteiger partial charge < -0.3 is 4.74 Å². The zero-order valence-corrected chi connectivity index (χ0v) is 12.7. The van der Waals surface area contributed by atoms with Gasteiger partial charge in [0.25, 0.3) is 0 Å². The highest BCUT2D eigenvalue weighted by Gasteiger charge is 2.16. The zero-order valence-electron chi connectivity index (χ0n) is 11.1. The van der Waals surface area contributed by atoms with Crippen molar-refractivity contribution in [2.75, 3.05) is 19.7 Å². The molecule has 18 heavy (non-hydrogen) atoms. The molecule has 0 radical (unpaired) electrons. The highest BCUT2D eigenvalue weighted by atomic mass is 79.9. The Morgan fingerprint density at radius 3 is 3.06 bits per heavy atom. The molecule has 1 unspecified atom stereocenters. The molecule has 1 atom stereocenters. The monoisotopic (exact) mass is 311 g/mol. The first kappa shape index (κ1) is 13.9. The topological polar surface area (TPSA) is 12.5 Å². The van der Waals surface area contributed by atoms with Gasteiger partial charge in [0.1, 0.15) is 12.4 Å². The van der Waals surface area contributed by atoms with Crippen LogP contribution in [-0.2, 0) is 0 Å². The molecule has 1 aliphatic rings. The van der Waals surface area contributed by atoms with Crippen molar-refractivity contribution in [3.05, 3.63) is 28.7 Å². The van der Waals surface area contributed by atoms with Gasteiger partial charge in [0.15, 0.2) is 0 Å². The van der Waals surface area contributed by atoms with E-state index in [9.17, 15) is 0 Å². The van der Waals surface area contributed by atoms with Crippen molar-refractivity contribution in [2.24, 2.45) is 0 Å². The minimum atomic E-state index is 0.707. The molecule has 1 saturated heterocycles. The summed E-state index contributed by atoms with van der Waals surface area (Å²) < 4.78 is 6.88. The summed E-state index contributed by atoms with van der Waals surface area (Å²) in [5, 5.41) is 0. The number of ether oxygens (including phenoxy) is 1. The minimum Gasteiger partial charge on any atom is -0.492 e. The van der Waals surface area contributed by atoms with Crippen LogP contribution < -0.4 is 4.74 Å². The average Bonchev–Trinajstić information content (AvgIpc) is 2.55. The van der Waals surface area contributed by atoms with Gasteiger partial charge in [-0.1, -0.05) is 34.8 Å². The highest BCUT2D eigenvalue weighted by molar-refractivity contribution is 9.10. The molecule has 0 bridgehead atoms. The van der Waals surface area contributed by atoms with Gasteiger partial charge in [-0.2, -0.15) is 0 Å². The summed E-state index contributed by atoms with van der Waals surface area (Å²) in [4.78, 5) is 2.56. The van der Waals surface area contributed by atoms with Crippen LogP contribution in [0.5, 0.6) is 5.75 Å². The van der Waals surface area contributed by atoms with Crippen LogP contribution in [0.15, 0.2) is 28.7 Å². The molecule has 2 rings (SSSR count). The fourth-order valence-corrected chi connectivity index (χ4v) is 2.88. The van der Waals surface area contributed by atoms with Crippen molar-refractivity contribution >= 4 is 15.9 Å². The molecular formula is C15H22BrNO. The van der Waals surface area contributed by atoms with Crippen LogP contribution in [0.1, 0.15) is 32.6 Å². The maximum absolute atomic E-state index is 5.81. The number of hydrogen-bond donors (Lipinski definition) is 0. The third-order valence-corrected chi connectivity index (χ3v) is 4.13. The lowest BCUT2D eigenvalue weighted by Gasteiger charge is -2.26. The fourth-order valence-electron chi connectivity index (χ4n) is 2.50. The van der Waals surface area contributed by atoms with Gasteiger partial charge in [-0.25, -0.2) is 0 Å². The fraction of sp³-hybridized carbons (Fsp3) is 0.600. The molecule has 0 spiro atoms. The minimum absolute atomic E-state index is 0.707. The second kappa shape index (κ2) is 7.15. The van der Waals surface area contributed by atoms with Crippen LogP contribution in [0, 0.1) is 0 Å². The number of hydrogen-bond acceptors (Lipinski definition) is 2. The van der Waals surface area contributed by atoms with Crippen LogP contribution in [-0.4, -0.2) is 30.6 Å². The van der Waals surface area contributed by atoms with Gasteiger partial charge >= 0.3 is 0 Å². The molecule has 1 aromatic carbocycles. The first-order chi connectivity index (χ1) is 8.75. The van der Waals surface area contributed by atoms with Crippen LogP contribution in [0.3, 0.4) is 0 Å². The molecule has 2 nitrogen and oxygen atoms in total. The second-order valence-corrected chi connectivity index (χ2v) is 5.96. The van der Waals surface area contributed by atoms with Crippen molar-refractivity contribution in [3.63, 3.8) is 0 Å². The third kappa shape index (κ3) is 4.29. The van der Waals surface area contributed by atoms with Crippen molar-refractivity contribution in [1.82, 2.24) is 4.90 Å². The smallest absolute Gasteiger partial charge is 0.120 e. The Hall–Kier alpha value is -0.540. The largest absolute Gasteiger partial charge is 0.492 e. The number of halogens is 1. The van der Waals surface area contributed by atoms with E-state index in [0.717, 1.165) is 23.4 Å². The Labute approximate surface area is 118 Å². The first-order valence-electron chi connectivity index (χ1n) is 6.88. The first-order valence-corrected chi connectivity index (χ1v) is 7.67. The van der Waals surface area contributed by atoms with E-state index in [1.165, 1.54) is 32.2 Å². The zero-order chi connectivity index (χ0) is 12.8. The van der Waals surface area contributed by atoms with Crippen molar-refractivity contribution < 1.29 is 4.74 Å². The molecule has 1 aromatic rings. The van der Waals surface area contributed by atoms with Gasteiger partial charge in [0.2, 0.25) is 0 Å². The summed E-state index contributed by atoms with van der Waals surface area (Å²) in [6.45, 7) is 5.38. The van der Waals surface area contributed by atoms with Gasteiger partial charge in [-0.05, 0) is 44.5 Å². The van der Waals surface area contributed by atoms with E-state index in [4.69, 9.17) is 4.74 Å². The van der Waals surface area contributed by atoms with Crippen LogP contribution in [0.2, 0.25) is 0 Å². The lowest BCUT2D eigenvalue weighted by molar-refractivity contribution is 0.171. The summed E-state index contributed by atoms with van der Waals surface area (Å²) in [6.07, 6.45) is 5.43. The molecule has 0 N–H and O–H groups in total. The molecule has 100 valence electrons. The Morgan fingerprint density at radius 2 is 2.22 bits per heavy atom. The SMILES string of the molecule is CC1CCCCCN1CCOc1cccc(Br)c1. The van der Waals surface area contributed by atoms with E-state index in [0.29, 0.717) is 6.04 Å². The molecule has 0 amide bonds. The number of benzene rings is 1. The molecule has 1 fully saturated rings. The van der Waals surface area contributed by atoms with E-state index in [1.807, 2.05) is 24.3 Å². The van der Waals surface area contributed by atoms with Gasteiger partial charge in [-0.3, -0.25) is 4.90 Å². The van der Waals surface area contributed by atoms with Crippen LogP contribution >= 0.6 is 15.9 Å². The summed E-state index contributed by atoms with van der Waals surface area (Å²) in [7, 11) is 0. The molecular weight excluding hydrogens is 290 g/mol. The molecule has 1 aliphatic heterocycles. The van der Waals surface area contributed by atoms with Crippen molar-refractivity contribution in [3.8, 4) is 5.75 Å². The van der Waals surface area contributed by atoms with Crippen LogP contribution in [0.4, 0.5) is 0 Å². The Bertz CT molecular complexity index is 369. The number of rotatable bonds is 4. The molecule has 0 saturated carbocycles. The summed E-state index contributed by atoms with van der Waals surface area (Å²) in [5.41, 5.74) is 0. The molecule has 3 heteroatoms. The summed E-state index contributed by atoms with van der Waals surface area (Å²) >= 11 is 3.46. The van der Waals surface area contributed by atoms with E-state index in [1.54, 1.807) is 0 Å². The normalized spacial score (nSPS) is 21.6. The molecule has 0 aromatic heterocycles. The summed E-state index contributed by atoms with van der Waals surface area (Å²) in [5.74, 6) is 0.951. The lowest BCUT2D eigenvalue weighted by Crippen LogP contribution is -2.35. The van der Waals surface area contributed by atoms with E-state index in [-0.39, 0.29) is 0 Å². The van der Waals surface area contributed by atoms with E-state index < -0.39 is 0 Å². The maximum atomic E-state index is 5.81. The Kier molecular flexibility index (Phi) is 5.51. The average molecular weight is 312 g/mol. The van der Waals surface area contributed by atoms with Crippen molar-refractivity contribution in [1.29, 1.82) is 0 Å². The number of nitrogens with zero attached hydrogens (tertiary/aromatic N) is 1. The van der Waals surface area contributed by atoms with E-state index in [2.05, 4.69) is 27.8 Å². The molecule has 1 heterocycles. The number of likely N-dealkylation sites (tertiary alicyclic amines) is 1. The van der Waals surface area contributed by atoms with Gasteiger partial charge in [0.05, 0.1) is 0 Å². The lowest BCUT2D eigenvalue weighted by atomic mass is 10.1. The second-order valence-electron chi connectivity index (χ2n) is 5.04. The highest BCUT2D eigenvalue weighted by Crippen LogP contribution is 2.19. The van der Waals surface area contributed by atoms with Crippen molar-refractivity contribution in [2.45, 2.75) is 38.6 Å². The van der Waals surface area contributed by atoms with Crippen LogP contribution in [0.25, 0.3) is 0 Å². The maximum Gasteiger partial charge on any atom is 0.120 e. The Balaban J connectivity index is 1.77. The summed E-state index contributed by atoms with van der Waals surface area (Å²) in [6, 6.07) is 8.76.